The SMILES string of the molecule is Cc1nn(-c2ccccc2)c2c1C(c1ccc(Cl)cc1)N1C(=N2)N(Cc2ccccc2)c2ccccc21. The Morgan fingerprint density at radius 3 is 2.14 bits per heavy atom. The minimum absolute atomic E-state index is 0.0980. The Hall–Kier alpha value is -4.35. The van der Waals surface area contributed by atoms with Crippen molar-refractivity contribution in [2.45, 2.75) is 19.5 Å². The van der Waals surface area contributed by atoms with E-state index in [9.17, 15) is 0 Å². The first-order valence-electron chi connectivity index (χ1n) is 12.4. The van der Waals surface area contributed by atoms with Crippen LogP contribution in [-0.4, -0.2) is 15.7 Å². The zero-order chi connectivity index (χ0) is 24.9. The van der Waals surface area contributed by atoms with Gasteiger partial charge in [-0.3, -0.25) is 4.90 Å². The summed E-state index contributed by atoms with van der Waals surface area (Å²) in [6, 6.07) is 37.4. The van der Waals surface area contributed by atoms with Crippen LogP contribution >= 0.6 is 11.6 Å². The van der Waals surface area contributed by atoms with Crippen molar-refractivity contribution in [1.82, 2.24) is 9.78 Å². The Bertz CT molecular complexity index is 1620. The van der Waals surface area contributed by atoms with Gasteiger partial charge >= 0.3 is 0 Å². The molecule has 0 amide bonds. The van der Waals surface area contributed by atoms with Crippen molar-refractivity contribution >= 4 is 34.8 Å². The molecule has 0 radical (unpaired) electrons. The van der Waals surface area contributed by atoms with Gasteiger partial charge in [-0.2, -0.15) is 10.1 Å². The number of halogens is 1. The van der Waals surface area contributed by atoms with Crippen molar-refractivity contribution < 1.29 is 0 Å². The normalized spacial score (nSPS) is 15.7. The van der Waals surface area contributed by atoms with Gasteiger partial charge in [0.05, 0.1) is 35.3 Å². The average molecular weight is 502 g/mol. The molecule has 0 N–H and O–H groups in total. The second-order valence-corrected chi connectivity index (χ2v) is 9.80. The summed E-state index contributed by atoms with van der Waals surface area (Å²) >= 11 is 6.31. The molecule has 0 saturated heterocycles. The van der Waals surface area contributed by atoms with E-state index in [0.717, 1.165) is 50.7 Å². The topological polar surface area (TPSA) is 36.7 Å². The van der Waals surface area contributed by atoms with Gasteiger partial charge in [0.25, 0.3) is 0 Å². The van der Waals surface area contributed by atoms with Gasteiger partial charge in [0, 0.05) is 10.6 Å². The summed E-state index contributed by atoms with van der Waals surface area (Å²) in [6.45, 7) is 2.79. The summed E-state index contributed by atoms with van der Waals surface area (Å²) in [7, 11) is 0. The molecule has 1 unspecified atom stereocenters. The Balaban J connectivity index is 1.48. The maximum absolute atomic E-state index is 6.31. The van der Waals surface area contributed by atoms with Gasteiger partial charge in [-0.15, -0.1) is 0 Å². The van der Waals surface area contributed by atoms with Crippen LogP contribution in [0.4, 0.5) is 17.2 Å². The third-order valence-corrected chi connectivity index (χ3v) is 7.33. The first kappa shape index (κ1) is 21.9. The summed E-state index contributed by atoms with van der Waals surface area (Å²) < 4.78 is 1.97. The number of nitrogens with zero attached hydrogens (tertiary/aromatic N) is 5. The van der Waals surface area contributed by atoms with Crippen LogP contribution in [0.2, 0.25) is 5.02 Å². The fourth-order valence-electron chi connectivity index (χ4n) is 5.42. The summed E-state index contributed by atoms with van der Waals surface area (Å²) in [5.74, 6) is 1.76. The highest BCUT2D eigenvalue weighted by atomic mass is 35.5. The Morgan fingerprint density at radius 1 is 0.757 bits per heavy atom. The molecule has 3 heterocycles. The van der Waals surface area contributed by atoms with E-state index in [4.69, 9.17) is 21.7 Å². The molecular formula is C31H24ClN5. The number of rotatable bonds is 4. The van der Waals surface area contributed by atoms with Crippen LogP contribution in [0.1, 0.15) is 28.4 Å². The molecule has 0 spiro atoms. The monoisotopic (exact) mass is 501 g/mol. The number of hydrogen-bond acceptors (Lipinski definition) is 4. The van der Waals surface area contributed by atoms with E-state index >= 15 is 0 Å². The van der Waals surface area contributed by atoms with Crippen molar-refractivity contribution in [3.63, 3.8) is 0 Å². The molecule has 1 atom stereocenters. The lowest BCUT2D eigenvalue weighted by Gasteiger charge is -2.35. The molecule has 0 aliphatic carbocycles. The number of hydrogen-bond donors (Lipinski definition) is 0. The van der Waals surface area contributed by atoms with Crippen molar-refractivity contribution in [2.24, 2.45) is 4.99 Å². The number of aliphatic imine (C=N–C) groups is 1. The van der Waals surface area contributed by atoms with Crippen LogP contribution in [0.25, 0.3) is 5.69 Å². The average Bonchev–Trinajstić information content (AvgIpc) is 3.44. The third kappa shape index (κ3) is 3.54. The van der Waals surface area contributed by atoms with Crippen molar-refractivity contribution in [1.29, 1.82) is 0 Å². The van der Waals surface area contributed by atoms with E-state index in [-0.39, 0.29) is 6.04 Å². The van der Waals surface area contributed by atoms with Crippen LogP contribution in [0.5, 0.6) is 0 Å². The first-order valence-corrected chi connectivity index (χ1v) is 12.8. The minimum Gasteiger partial charge on any atom is -0.305 e. The summed E-state index contributed by atoms with van der Waals surface area (Å²) in [5, 5.41) is 5.71. The molecule has 5 aromatic rings. The lowest BCUT2D eigenvalue weighted by Crippen LogP contribution is -2.42. The van der Waals surface area contributed by atoms with Crippen molar-refractivity contribution in [2.75, 3.05) is 9.80 Å². The molecule has 180 valence electrons. The quantitative estimate of drug-likeness (QED) is 0.256. The van der Waals surface area contributed by atoms with E-state index in [1.165, 1.54) is 5.56 Å². The largest absolute Gasteiger partial charge is 0.305 e. The van der Waals surface area contributed by atoms with Gasteiger partial charge in [0.15, 0.2) is 5.82 Å². The molecule has 0 bridgehead atoms. The highest BCUT2D eigenvalue weighted by Gasteiger charge is 2.44. The smallest absolute Gasteiger partial charge is 0.213 e. The van der Waals surface area contributed by atoms with E-state index in [1.54, 1.807) is 0 Å². The second kappa shape index (κ2) is 8.64. The van der Waals surface area contributed by atoms with Crippen LogP contribution < -0.4 is 9.80 Å². The molecule has 37 heavy (non-hydrogen) atoms. The highest BCUT2D eigenvalue weighted by molar-refractivity contribution is 6.30. The third-order valence-electron chi connectivity index (χ3n) is 7.08. The molecule has 5 nitrogen and oxygen atoms in total. The zero-order valence-electron chi connectivity index (χ0n) is 20.3. The Morgan fingerprint density at radius 2 is 1.41 bits per heavy atom. The van der Waals surface area contributed by atoms with Crippen LogP contribution in [0.3, 0.4) is 0 Å². The molecule has 1 aromatic heterocycles. The molecule has 2 aliphatic rings. The number of fused-ring (bicyclic) bond motifs is 4. The van der Waals surface area contributed by atoms with Crippen LogP contribution in [0, 0.1) is 6.92 Å². The molecule has 0 saturated carbocycles. The van der Waals surface area contributed by atoms with Gasteiger partial charge in [-0.1, -0.05) is 84.4 Å². The van der Waals surface area contributed by atoms with E-state index in [2.05, 4.69) is 95.6 Å². The minimum atomic E-state index is -0.0980. The van der Waals surface area contributed by atoms with E-state index < -0.39 is 0 Å². The molecule has 2 aliphatic heterocycles. The van der Waals surface area contributed by atoms with Crippen LogP contribution in [0.15, 0.2) is 114 Å². The lowest BCUT2D eigenvalue weighted by molar-refractivity contribution is 0.811. The standard InChI is InChI=1S/C31H24ClN5/c1-21-28-29(23-16-18-24(32)19-17-23)36-27-15-9-8-14-26(27)35(20-22-10-4-2-5-11-22)31(36)33-30(28)37(34-21)25-12-6-3-7-13-25/h2-19,29H,20H2,1H3. The molecule has 6 heteroatoms. The van der Waals surface area contributed by atoms with E-state index in [0.29, 0.717) is 6.54 Å². The van der Waals surface area contributed by atoms with Crippen LogP contribution in [-0.2, 0) is 6.54 Å². The summed E-state index contributed by atoms with van der Waals surface area (Å²) in [4.78, 5) is 10.0. The lowest BCUT2D eigenvalue weighted by atomic mass is 9.95. The van der Waals surface area contributed by atoms with Gasteiger partial charge in [-0.25, -0.2) is 4.68 Å². The maximum atomic E-state index is 6.31. The van der Waals surface area contributed by atoms with Crippen molar-refractivity contribution in [3.05, 3.63) is 137 Å². The first-order chi connectivity index (χ1) is 18.2. The molecule has 7 rings (SSSR count). The fraction of sp³-hybridized carbons (Fsp3) is 0.0968. The van der Waals surface area contributed by atoms with Crippen molar-refractivity contribution in [3.8, 4) is 5.69 Å². The van der Waals surface area contributed by atoms with Gasteiger partial charge in [0.2, 0.25) is 5.96 Å². The maximum Gasteiger partial charge on any atom is 0.213 e. The Labute approximate surface area is 220 Å². The van der Waals surface area contributed by atoms with E-state index in [1.807, 2.05) is 35.0 Å². The van der Waals surface area contributed by atoms with Gasteiger partial charge < -0.3 is 4.90 Å². The fourth-order valence-corrected chi connectivity index (χ4v) is 5.55. The predicted octanol–water partition coefficient (Wildman–Crippen LogP) is 7.45. The van der Waals surface area contributed by atoms with Gasteiger partial charge in [-0.05, 0) is 54.4 Å². The number of anilines is 2. The predicted molar refractivity (Wildman–Crippen MR) is 150 cm³/mol. The number of aryl methyl sites for hydroxylation is 1. The van der Waals surface area contributed by atoms with Gasteiger partial charge in [0.1, 0.15) is 0 Å². The second-order valence-electron chi connectivity index (χ2n) is 9.37. The number of aromatic nitrogens is 2. The zero-order valence-corrected chi connectivity index (χ0v) is 21.0. The molecule has 0 fully saturated rings. The summed E-state index contributed by atoms with van der Waals surface area (Å²) in [6.07, 6.45) is 0. The molecule has 4 aromatic carbocycles. The number of benzene rings is 4. The highest BCUT2D eigenvalue weighted by Crippen LogP contribution is 2.51. The number of para-hydroxylation sites is 3. The Kier molecular flexibility index (Phi) is 5.11. The summed E-state index contributed by atoms with van der Waals surface area (Å²) in [5.41, 5.74) is 7.70. The molecular weight excluding hydrogens is 478 g/mol. The number of guanidine groups is 1.